The van der Waals surface area contributed by atoms with Crippen LogP contribution in [0.4, 0.5) is 10.1 Å². The average molecular weight is 292 g/mol. The first-order valence-electron chi connectivity index (χ1n) is 6.95. The molecule has 2 aromatic rings. The van der Waals surface area contributed by atoms with Crippen LogP contribution in [-0.2, 0) is 6.54 Å². The summed E-state index contributed by atoms with van der Waals surface area (Å²) >= 11 is 1.82. The minimum Gasteiger partial charge on any atom is -0.370 e. The largest absolute Gasteiger partial charge is 0.370 e. The molecule has 1 N–H and O–H groups in total. The van der Waals surface area contributed by atoms with Crippen molar-refractivity contribution in [3.05, 3.63) is 52.0 Å². The van der Waals surface area contributed by atoms with Gasteiger partial charge >= 0.3 is 0 Å². The van der Waals surface area contributed by atoms with E-state index in [1.165, 1.54) is 15.8 Å². The Balaban J connectivity index is 1.79. The zero-order valence-electron chi connectivity index (χ0n) is 12.0. The van der Waals surface area contributed by atoms with Gasteiger partial charge in [0.1, 0.15) is 5.82 Å². The lowest BCUT2D eigenvalue weighted by Gasteiger charge is -2.23. The summed E-state index contributed by atoms with van der Waals surface area (Å²) in [4.78, 5) is 4.88. The lowest BCUT2D eigenvalue weighted by Crippen LogP contribution is -2.31. The van der Waals surface area contributed by atoms with Crippen molar-refractivity contribution in [1.82, 2.24) is 5.32 Å². The fraction of sp³-hybridized carbons (Fsp3) is 0.375. The molecule has 1 aromatic carbocycles. The van der Waals surface area contributed by atoms with Crippen LogP contribution in [0.3, 0.4) is 0 Å². The molecule has 2 nitrogen and oxygen atoms in total. The van der Waals surface area contributed by atoms with Crippen molar-refractivity contribution in [2.45, 2.75) is 20.4 Å². The van der Waals surface area contributed by atoms with E-state index in [0.29, 0.717) is 0 Å². The number of thiophene rings is 1. The van der Waals surface area contributed by atoms with Crippen LogP contribution in [0.25, 0.3) is 0 Å². The van der Waals surface area contributed by atoms with E-state index < -0.39 is 0 Å². The standard InChI is InChI=1S/C16H21FN2S/c1-3-19(15-6-4-5-14(17)11-15)10-9-18-12-16-8-7-13(2)20-16/h4-8,11,18H,3,9-10,12H2,1-2H3. The van der Waals surface area contributed by atoms with Crippen molar-refractivity contribution < 1.29 is 4.39 Å². The summed E-state index contributed by atoms with van der Waals surface area (Å²) in [6.07, 6.45) is 0. The van der Waals surface area contributed by atoms with Crippen molar-refractivity contribution in [2.24, 2.45) is 0 Å². The highest BCUT2D eigenvalue weighted by molar-refractivity contribution is 7.11. The lowest BCUT2D eigenvalue weighted by atomic mass is 10.2. The second-order valence-electron chi connectivity index (χ2n) is 4.75. The smallest absolute Gasteiger partial charge is 0.125 e. The predicted octanol–water partition coefficient (Wildman–Crippen LogP) is 3.81. The van der Waals surface area contributed by atoms with Gasteiger partial charge in [-0.2, -0.15) is 0 Å². The second-order valence-corrected chi connectivity index (χ2v) is 6.12. The summed E-state index contributed by atoms with van der Waals surface area (Å²) in [6, 6.07) is 11.1. The molecule has 0 unspecified atom stereocenters. The van der Waals surface area contributed by atoms with E-state index in [2.05, 4.69) is 36.2 Å². The van der Waals surface area contributed by atoms with E-state index in [-0.39, 0.29) is 5.82 Å². The average Bonchev–Trinajstić information content (AvgIpc) is 2.84. The Hall–Kier alpha value is -1.39. The van der Waals surface area contributed by atoms with Crippen LogP contribution < -0.4 is 10.2 Å². The number of nitrogens with zero attached hydrogens (tertiary/aromatic N) is 1. The van der Waals surface area contributed by atoms with Gasteiger partial charge in [-0.15, -0.1) is 11.3 Å². The van der Waals surface area contributed by atoms with Crippen LogP contribution in [0, 0.1) is 12.7 Å². The van der Waals surface area contributed by atoms with Crippen LogP contribution in [0.2, 0.25) is 0 Å². The van der Waals surface area contributed by atoms with E-state index in [0.717, 1.165) is 31.9 Å². The zero-order valence-corrected chi connectivity index (χ0v) is 12.8. The van der Waals surface area contributed by atoms with Crippen LogP contribution >= 0.6 is 11.3 Å². The highest BCUT2D eigenvalue weighted by Gasteiger charge is 2.04. The highest BCUT2D eigenvalue weighted by Crippen LogP contribution is 2.15. The Kier molecular flexibility index (Phi) is 5.56. The third kappa shape index (κ3) is 4.32. The number of hydrogen-bond acceptors (Lipinski definition) is 3. The minimum absolute atomic E-state index is 0.178. The molecule has 0 aliphatic rings. The van der Waals surface area contributed by atoms with Gasteiger partial charge in [0.25, 0.3) is 0 Å². The molecular weight excluding hydrogens is 271 g/mol. The number of benzene rings is 1. The van der Waals surface area contributed by atoms with Crippen LogP contribution in [-0.4, -0.2) is 19.6 Å². The van der Waals surface area contributed by atoms with Crippen molar-refractivity contribution in [3.8, 4) is 0 Å². The Morgan fingerprint density at radius 2 is 2.10 bits per heavy atom. The van der Waals surface area contributed by atoms with Crippen LogP contribution in [0.5, 0.6) is 0 Å². The molecule has 2 rings (SSSR count). The van der Waals surface area contributed by atoms with E-state index >= 15 is 0 Å². The number of likely N-dealkylation sites (N-methyl/N-ethyl adjacent to an activating group) is 1. The highest BCUT2D eigenvalue weighted by atomic mass is 32.1. The van der Waals surface area contributed by atoms with Crippen molar-refractivity contribution in [3.63, 3.8) is 0 Å². The Labute approximate surface area is 124 Å². The second kappa shape index (κ2) is 7.41. The molecular formula is C16H21FN2S. The molecule has 0 spiro atoms. The van der Waals surface area contributed by atoms with Gasteiger partial charge in [0, 0.05) is 41.6 Å². The third-order valence-electron chi connectivity index (χ3n) is 3.21. The van der Waals surface area contributed by atoms with Gasteiger partial charge in [0.2, 0.25) is 0 Å². The minimum atomic E-state index is -0.178. The molecule has 0 amide bonds. The first kappa shape index (κ1) is 15.0. The number of halogens is 1. The number of anilines is 1. The van der Waals surface area contributed by atoms with Crippen molar-refractivity contribution in [1.29, 1.82) is 0 Å². The summed E-state index contributed by atoms with van der Waals surface area (Å²) in [7, 11) is 0. The number of aryl methyl sites for hydroxylation is 1. The van der Waals surface area contributed by atoms with E-state index in [9.17, 15) is 4.39 Å². The van der Waals surface area contributed by atoms with Gasteiger partial charge in [-0.05, 0) is 44.2 Å². The maximum atomic E-state index is 13.2. The zero-order chi connectivity index (χ0) is 14.4. The molecule has 0 aliphatic carbocycles. The molecule has 0 fully saturated rings. The molecule has 0 atom stereocenters. The van der Waals surface area contributed by atoms with E-state index in [1.54, 1.807) is 12.1 Å². The molecule has 0 saturated heterocycles. The van der Waals surface area contributed by atoms with Crippen LogP contribution in [0.1, 0.15) is 16.7 Å². The Morgan fingerprint density at radius 3 is 2.75 bits per heavy atom. The number of rotatable bonds is 7. The van der Waals surface area contributed by atoms with Gasteiger partial charge in [-0.25, -0.2) is 4.39 Å². The Morgan fingerprint density at radius 1 is 1.25 bits per heavy atom. The SMILES string of the molecule is CCN(CCNCc1ccc(C)s1)c1cccc(F)c1. The van der Waals surface area contributed by atoms with E-state index in [1.807, 2.05) is 17.4 Å². The van der Waals surface area contributed by atoms with Crippen molar-refractivity contribution >= 4 is 17.0 Å². The van der Waals surface area contributed by atoms with Gasteiger partial charge in [-0.1, -0.05) is 6.07 Å². The predicted molar refractivity (Wildman–Crippen MR) is 85.0 cm³/mol. The summed E-state index contributed by atoms with van der Waals surface area (Å²) in [5.41, 5.74) is 0.946. The summed E-state index contributed by atoms with van der Waals surface area (Å²) in [5, 5.41) is 3.44. The summed E-state index contributed by atoms with van der Waals surface area (Å²) in [6.45, 7) is 7.76. The lowest BCUT2D eigenvalue weighted by molar-refractivity contribution is 0.624. The summed E-state index contributed by atoms with van der Waals surface area (Å²) < 4.78 is 13.2. The first-order chi connectivity index (χ1) is 9.69. The number of hydrogen-bond donors (Lipinski definition) is 1. The fourth-order valence-electron chi connectivity index (χ4n) is 2.15. The van der Waals surface area contributed by atoms with Gasteiger partial charge < -0.3 is 10.2 Å². The fourth-order valence-corrected chi connectivity index (χ4v) is 3.01. The maximum absolute atomic E-state index is 13.2. The molecule has 4 heteroatoms. The molecule has 1 aromatic heterocycles. The van der Waals surface area contributed by atoms with E-state index in [4.69, 9.17) is 0 Å². The van der Waals surface area contributed by atoms with Crippen molar-refractivity contribution in [2.75, 3.05) is 24.5 Å². The molecule has 0 aliphatic heterocycles. The van der Waals surface area contributed by atoms with Crippen LogP contribution in [0.15, 0.2) is 36.4 Å². The Bertz CT molecular complexity index is 539. The topological polar surface area (TPSA) is 15.3 Å². The van der Waals surface area contributed by atoms with Gasteiger partial charge in [-0.3, -0.25) is 0 Å². The molecule has 1 heterocycles. The van der Waals surface area contributed by atoms with Gasteiger partial charge in [0.05, 0.1) is 0 Å². The molecule has 0 radical (unpaired) electrons. The normalized spacial score (nSPS) is 10.8. The first-order valence-corrected chi connectivity index (χ1v) is 7.77. The molecule has 0 saturated carbocycles. The summed E-state index contributed by atoms with van der Waals surface area (Å²) in [5.74, 6) is -0.178. The third-order valence-corrected chi connectivity index (χ3v) is 4.21. The quantitative estimate of drug-likeness (QED) is 0.781. The maximum Gasteiger partial charge on any atom is 0.125 e. The molecule has 108 valence electrons. The number of nitrogens with one attached hydrogen (secondary N) is 1. The molecule has 0 bridgehead atoms. The van der Waals surface area contributed by atoms with Gasteiger partial charge in [0.15, 0.2) is 0 Å². The monoisotopic (exact) mass is 292 g/mol. The molecule has 20 heavy (non-hydrogen) atoms.